The van der Waals surface area contributed by atoms with Gasteiger partial charge in [-0.1, -0.05) is 34.1 Å². The Labute approximate surface area is 149 Å². The summed E-state index contributed by atoms with van der Waals surface area (Å²) in [7, 11) is 3.41. The molecule has 3 rings (SSSR count). The second-order valence-corrected chi connectivity index (χ2v) is 6.46. The zero-order valence-corrected chi connectivity index (χ0v) is 15.1. The van der Waals surface area contributed by atoms with E-state index in [-0.39, 0.29) is 5.91 Å². The van der Waals surface area contributed by atoms with Crippen LogP contribution in [0.15, 0.2) is 59.1 Å². The van der Waals surface area contributed by atoms with Gasteiger partial charge in [-0.25, -0.2) is 4.98 Å². The largest absolute Gasteiger partial charge is 0.497 e. The minimum atomic E-state index is -0.101. The summed E-state index contributed by atoms with van der Waals surface area (Å²) in [5, 5.41) is 0.946. The van der Waals surface area contributed by atoms with Crippen molar-refractivity contribution < 1.29 is 9.53 Å². The molecule has 5 heteroatoms. The lowest BCUT2D eigenvalue weighted by Crippen LogP contribution is -2.27. The normalized spacial score (nSPS) is 10.6. The maximum Gasteiger partial charge on any atom is 0.272 e. The average molecular weight is 385 g/mol. The molecular formula is C19H17BrN2O2. The Kier molecular flexibility index (Phi) is 4.81. The van der Waals surface area contributed by atoms with Crippen LogP contribution in [0.2, 0.25) is 0 Å². The van der Waals surface area contributed by atoms with Gasteiger partial charge >= 0.3 is 0 Å². The van der Waals surface area contributed by atoms with Crippen LogP contribution in [0.1, 0.15) is 16.1 Å². The molecule has 0 aliphatic heterocycles. The van der Waals surface area contributed by atoms with Crippen molar-refractivity contribution in [1.82, 2.24) is 9.88 Å². The van der Waals surface area contributed by atoms with Crippen molar-refractivity contribution in [3.63, 3.8) is 0 Å². The third-order valence-electron chi connectivity index (χ3n) is 3.80. The minimum absolute atomic E-state index is 0.101. The Balaban J connectivity index is 1.80. The van der Waals surface area contributed by atoms with Gasteiger partial charge in [0.1, 0.15) is 11.4 Å². The molecule has 1 heterocycles. The number of nitrogens with zero attached hydrogens (tertiary/aromatic N) is 2. The lowest BCUT2D eigenvalue weighted by Gasteiger charge is -2.17. The highest BCUT2D eigenvalue weighted by molar-refractivity contribution is 9.10. The molecule has 0 saturated carbocycles. The molecular weight excluding hydrogens is 368 g/mol. The van der Waals surface area contributed by atoms with Gasteiger partial charge in [0, 0.05) is 23.5 Å². The summed E-state index contributed by atoms with van der Waals surface area (Å²) < 4.78 is 6.23. The SMILES string of the molecule is COc1ccc2nc(C(=O)N(C)Cc3ccc(Br)cc3)ccc2c1. The van der Waals surface area contributed by atoms with Crippen molar-refractivity contribution in [3.05, 3.63) is 70.3 Å². The van der Waals surface area contributed by atoms with Gasteiger partial charge in [0.05, 0.1) is 12.6 Å². The number of methoxy groups -OCH3 is 1. The van der Waals surface area contributed by atoms with E-state index in [1.807, 2.05) is 48.5 Å². The average Bonchev–Trinajstić information content (AvgIpc) is 2.62. The van der Waals surface area contributed by atoms with Crippen LogP contribution < -0.4 is 4.74 Å². The number of rotatable bonds is 4. The number of amides is 1. The summed E-state index contributed by atoms with van der Waals surface area (Å²) in [6.45, 7) is 0.536. The van der Waals surface area contributed by atoms with Gasteiger partial charge in [0.15, 0.2) is 0 Å². The first-order valence-electron chi connectivity index (χ1n) is 7.51. The fourth-order valence-electron chi connectivity index (χ4n) is 2.48. The zero-order chi connectivity index (χ0) is 17.1. The number of benzene rings is 2. The third kappa shape index (κ3) is 3.57. The molecule has 2 aromatic carbocycles. The molecule has 0 aliphatic carbocycles. The van der Waals surface area contributed by atoms with Crippen LogP contribution in [0.5, 0.6) is 5.75 Å². The third-order valence-corrected chi connectivity index (χ3v) is 4.32. The van der Waals surface area contributed by atoms with E-state index in [1.54, 1.807) is 25.1 Å². The molecule has 122 valence electrons. The molecule has 0 N–H and O–H groups in total. The Morgan fingerprint density at radius 1 is 1.12 bits per heavy atom. The van der Waals surface area contributed by atoms with Crippen molar-refractivity contribution in [2.75, 3.05) is 14.2 Å². The summed E-state index contributed by atoms with van der Waals surface area (Å²) in [5.41, 5.74) is 2.28. The van der Waals surface area contributed by atoms with Gasteiger partial charge < -0.3 is 9.64 Å². The summed E-state index contributed by atoms with van der Waals surface area (Å²) in [5.74, 6) is 0.673. The highest BCUT2D eigenvalue weighted by Crippen LogP contribution is 2.20. The van der Waals surface area contributed by atoms with Gasteiger partial charge in [0.2, 0.25) is 0 Å². The second-order valence-electron chi connectivity index (χ2n) is 5.54. The number of pyridine rings is 1. The number of ether oxygens (including phenoxy) is 1. The fraction of sp³-hybridized carbons (Fsp3) is 0.158. The predicted molar refractivity (Wildman–Crippen MR) is 98.2 cm³/mol. The van der Waals surface area contributed by atoms with Crippen LogP contribution in [0, 0.1) is 0 Å². The quantitative estimate of drug-likeness (QED) is 0.673. The highest BCUT2D eigenvalue weighted by atomic mass is 79.9. The van der Waals surface area contributed by atoms with E-state index >= 15 is 0 Å². The van der Waals surface area contributed by atoms with E-state index in [9.17, 15) is 4.79 Å². The molecule has 0 spiro atoms. The van der Waals surface area contributed by atoms with E-state index in [4.69, 9.17) is 4.74 Å². The lowest BCUT2D eigenvalue weighted by atomic mass is 10.1. The van der Waals surface area contributed by atoms with Gasteiger partial charge in [-0.3, -0.25) is 4.79 Å². The smallest absolute Gasteiger partial charge is 0.272 e. The molecule has 0 atom stereocenters. The van der Waals surface area contributed by atoms with Crippen molar-refractivity contribution in [3.8, 4) is 5.75 Å². The number of hydrogen-bond donors (Lipinski definition) is 0. The minimum Gasteiger partial charge on any atom is -0.497 e. The maximum absolute atomic E-state index is 12.6. The number of fused-ring (bicyclic) bond motifs is 1. The summed E-state index contributed by atoms with van der Waals surface area (Å²) in [6.07, 6.45) is 0. The number of carbonyl (C=O) groups excluding carboxylic acids is 1. The Hall–Kier alpha value is -2.40. The first-order valence-corrected chi connectivity index (χ1v) is 8.31. The first-order chi connectivity index (χ1) is 11.6. The van der Waals surface area contributed by atoms with Crippen LogP contribution in [-0.4, -0.2) is 29.9 Å². The zero-order valence-electron chi connectivity index (χ0n) is 13.5. The van der Waals surface area contributed by atoms with Gasteiger partial charge in [-0.2, -0.15) is 0 Å². The van der Waals surface area contributed by atoms with E-state index in [0.29, 0.717) is 12.2 Å². The number of carbonyl (C=O) groups is 1. The molecule has 1 amide bonds. The van der Waals surface area contributed by atoms with Gasteiger partial charge in [-0.05, 0) is 42.0 Å². The molecule has 4 nitrogen and oxygen atoms in total. The molecule has 24 heavy (non-hydrogen) atoms. The van der Waals surface area contributed by atoms with Crippen molar-refractivity contribution in [1.29, 1.82) is 0 Å². The fourth-order valence-corrected chi connectivity index (χ4v) is 2.75. The second kappa shape index (κ2) is 7.01. The lowest BCUT2D eigenvalue weighted by molar-refractivity contribution is 0.0779. The van der Waals surface area contributed by atoms with Gasteiger partial charge in [0.25, 0.3) is 5.91 Å². The monoisotopic (exact) mass is 384 g/mol. The van der Waals surface area contributed by atoms with E-state index in [1.165, 1.54) is 0 Å². The molecule has 0 unspecified atom stereocenters. The van der Waals surface area contributed by atoms with E-state index in [2.05, 4.69) is 20.9 Å². The van der Waals surface area contributed by atoms with Crippen LogP contribution in [0.3, 0.4) is 0 Å². The topological polar surface area (TPSA) is 42.4 Å². The Morgan fingerprint density at radius 2 is 1.88 bits per heavy atom. The summed E-state index contributed by atoms with van der Waals surface area (Å²) >= 11 is 3.41. The molecule has 1 aromatic heterocycles. The first kappa shape index (κ1) is 16.5. The van der Waals surface area contributed by atoms with Crippen LogP contribution >= 0.6 is 15.9 Å². The van der Waals surface area contributed by atoms with Crippen LogP contribution in [-0.2, 0) is 6.54 Å². The Morgan fingerprint density at radius 3 is 2.58 bits per heavy atom. The highest BCUT2D eigenvalue weighted by Gasteiger charge is 2.14. The van der Waals surface area contributed by atoms with Crippen molar-refractivity contribution in [2.24, 2.45) is 0 Å². The van der Waals surface area contributed by atoms with Crippen molar-refractivity contribution >= 4 is 32.7 Å². The molecule has 3 aromatic rings. The molecule has 0 aliphatic rings. The number of hydrogen-bond acceptors (Lipinski definition) is 3. The number of halogens is 1. The van der Waals surface area contributed by atoms with Crippen LogP contribution in [0.25, 0.3) is 10.9 Å². The van der Waals surface area contributed by atoms with E-state index < -0.39 is 0 Å². The van der Waals surface area contributed by atoms with Crippen LogP contribution in [0.4, 0.5) is 0 Å². The Bertz CT molecular complexity index is 878. The number of aromatic nitrogens is 1. The predicted octanol–water partition coefficient (Wildman–Crippen LogP) is 4.28. The molecule has 0 fully saturated rings. The molecule has 0 radical (unpaired) electrons. The summed E-state index contributed by atoms with van der Waals surface area (Å²) in [6, 6.07) is 17.2. The molecule has 0 saturated heterocycles. The van der Waals surface area contributed by atoms with Crippen molar-refractivity contribution in [2.45, 2.75) is 6.54 Å². The molecule has 0 bridgehead atoms. The standard InChI is InChI=1S/C19H17BrN2O2/c1-22(12-13-3-6-15(20)7-4-13)19(23)18-9-5-14-11-16(24-2)8-10-17(14)21-18/h3-11H,12H2,1-2H3. The van der Waals surface area contributed by atoms with E-state index in [0.717, 1.165) is 26.7 Å². The summed E-state index contributed by atoms with van der Waals surface area (Å²) in [4.78, 5) is 18.8. The maximum atomic E-state index is 12.6. The van der Waals surface area contributed by atoms with Gasteiger partial charge in [-0.15, -0.1) is 0 Å².